The lowest BCUT2D eigenvalue weighted by atomic mass is 10.1. The molecule has 0 saturated carbocycles. The number of hydrogen-bond donors (Lipinski definition) is 1. The molecule has 1 fully saturated rings. The Labute approximate surface area is 99.0 Å². The molecule has 0 bridgehead atoms. The van der Waals surface area contributed by atoms with Crippen molar-refractivity contribution < 1.29 is 19.1 Å². The van der Waals surface area contributed by atoms with Gasteiger partial charge in [0.15, 0.2) is 5.76 Å². The Bertz CT molecular complexity index is 418. The topological polar surface area (TPSA) is 70.8 Å². The fourth-order valence-corrected chi connectivity index (χ4v) is 1.99. The molecule has 5 heteroatoms. The van der Waals surface area contributed by atoms with Gasteiger partial charge in [0, 0.05) is 13.1 Å². The predicted octanol–water partition coefficient (Wildman–Crippen LogP) is 1.53. The highest BCUT2D eigenvalue weighted by molar-refractivity contribution is 5.91. The first-order valence-electron chi connectivity index (χ1n) is 5.76. The molecule has 1 amide bonds. The van der Waals surface area contributed by atoms with Crippen LogP contribution in [0, 0.1) is 0 Å². The molecular formula is C12H15NO4. The van der Waals surface area contributed by atoms with E-state index in [1.54, 1.807) is 17.0 Å². The quantitative estimate of drug-likeness (QED) is 0.865. The maximum absolute atomic E-state index is 12.0. The van der Waals surface area contributed by atoms with E-state index in [1.165, 1.54) is 0 Å². The van der Waals surface area contributed by atoms with Gasteiger partial charge in [-0.25, -0.2) is 0 Å². The summed E-state index contributed by atoms with van der Waals surface area (Å²) in [6.07, 6.45) is 3.02. The molecule has 1 aromatic heterocycles. The number of nitrogens with zero attached hydrogens (tertiary/aromatic N) is 1. The number of carbonyl (C=O) groups excluding carboxylic acids is 1. The van der Waals surface area contributed by atoms with Crippen molar-refractivity contribution in [2.45, 2.75) is 25.7 Å². The van der Waals surface area contributed by atoms with Crippen molar-refractivity contribution in [3.8, 4) is 0 Å². The zero-order chi connectivity index (χ0) is 12.3. The minimum atomic E-state index is -0.962. The second-order valence-electron chi connectivity index (χ2n) is 4.19. The van der Waals surface area contributed by atoms with E-state index in [1.807, 2.05) is 0 Å². The molecule has 1 aliphatic heterocycles. The molecule has 1 aromatic rings. The lowest BCUT2D eigenvalue weighted by Gasteiger charge is -2.25. The third-order valence-electron chi connectivity index (χ3n) is 2.84. The highest BCUT2D eigenvalue weighted by Gasteiger charge is 2.21. The van der Waals surface area contributed by atoms with Crippen molar-refractivity contribution in [2.24, 2.45) is 0 Å². The van der Waals surface area contributed by atoms with E-state index in [2.05, 4.69) is 0 Å². The van der Waals surface area contributed by atoms with E-state index in [9.17, 15) is 9.59 Å². The summed E-state index contributed by atoms with van der Waals surface area (Å²) in [4.78, 5) is 24.2. The van der Waals surface area contributed by atoms with Crippen molar-refractivity contribution in [1.82, 2.24) is 4.90 Å². The largest absolute Gasteiger partial charge is 0.481 e. The van der Waals surface area contributed by atoms with Gasteiger partial charge in [-0.05, 0) is 31.4 Å². The van der Waals surface area contributed by atoms with Crippen molar-refractivity contribution in [2.75, 3.05) is 13.1 Å². The molecule has 0 atom stereocenters. The fourth-order valence-electron chi connectivity index (χ4n) is 1.99. The molecule has 0 radical (unpaired) electrons. The lowest BCUT2D eigenvalue weighted by Crippen LogP contribution is -2.35. The Kier molecular flexibility index (Phi) is 3.46. The summed E-state index contributed by atoms with van der Waals surface area (Å²) in [5, 5.41) is 8.61. The molecule has 92 valence electrons. The third kappa shape index (κ3) is 2.87. The average Bonchev–Trinajstić information content (AvgIpc) is 2.77. The second-order valence-corrected chi connectivity index (χ2v) is 4.19. The number of likely N-dealkylation sites (tertiary alicyclic amines) is 1. The van der Waals surface area contributed by atoms with E-state index in [4.69, 9.17) is 9.52 Å². The highest BCUT2D eigenvalue weighted by atomic mass is 16.4. The van der Waals surface area contributed by atoms with E-state index < -0.39 is 5.97 Å². The molecule has 2 heterocycles. The number of carboxylic acid groups (broad SMARTS) is 1. The van der Waals surface area contributed by atoms with Crippen molar-refractivity contribution in [1.29, 1.82) is 0 Å². The van der Waals surface area contributed by atoms with E-state index in [0.29, 0.717) is 5.76 Å². The highest BCUT2D eigenvalue weighted by Crippen LogP contribution is 2.15. The normalized spacial score (nSPS) is 15.9. The van der Waals surface area contributed by atoms with Crippen LogP contribution in [-0.4, -0.2) is 35.0 Å². The van der Waals surface area contributed by atoms with Crippen molar-refractivity contribution in [3.63, 3.8) is 0 Å². The Morgan fingerprint density at radius 3 is 2.59 bits per heavy atom. The molecule has 2 rings (SSSR count). The first-order valence-corrected chi connectivity index (χ1v) is 5.76. The number of carbonyl (C=O) groups is 2. The van der Waals surface area contributed by atoms with Gasteiger partial charge in [0.25, 0.3) is 5.91 Å². The van der Waals surface area contributed by atoms with E-state index >= 15 is 0 Å². The van der Waals surface area contributed by atoms with Crippen LogP contribution in [-0.2, 0) is 11.2 Å². The summed E-state index contributed by atoms with van der Waals surface area (Å²) in [5.41, 5.74) is 0. The zero-order valence-corrected chi connectivity index (χ0v) is 9.52. The maximum atomic E-state index is 12.0. The molecule has 0 aliphatic carbocycles. The Balaban J connectivity index is 2.03. The fraction of sp³-hybridized carbons (Fsp3) is 0.500. The monoisotopic (exact) mass is 237 g/mol. The first kappa shape index (κ1) is 11.7. The molecule has 5 nitrogen and oxygen atoms in total. The van der Waals surface area contributed by atoms with Gasteiger partial charge in [-0.1, -0.05) is 0 Å². The van der Waals surface area contributed by atoms with Crippen molar-refractivity contribution >= 4 is 11.9 Å². The average molecular weight is 237 g/mol. The summed E-state index contributed by atoms with van der Waals surface area (Å²) >= 11 is 0. The van der Waals surface area contributed by atoms with Crippen LogP contribution in [0.15, 0.2) is 16.5 Å². The first-order chi connectivity index (χ1) is 8.16. The van der Waals surface area contributed by atoms with Crippen LogP contribution in [0.5, 0.6) is 0 Å². The molecule has 1 N–H and O–H groups in total. The molecule has 17 heavy (non-hydrogen) atoms. The number of carboxylic acids is 1. The number of furan rings is 1. The van der Waals surface area contributed by atoms with Crippen LogP contribution < -0.4 is 0 Å². The van der Waals surface area contributed by atoms with Gasteiger partial charge in [-0.2, -0.15) is 0 Å². The number of piperidine rings is 1. The molecule has 0 spiro atoms. The van der Waals surface area contributed by atoms with Gasteiger partial charge >= 0.3 is 5.97 Å². The van der Waals surface area contributed by atoms with E-state index in [-0.39, 0.29) is 18.1 Å². The zero-order valence-electron chi connectivity index (χ0n) is 9.52. The summed E-state index contributed by atoms with van der Waals surface area (Å²) in [7, 11) is 0. The van der Waals surface area contributed by atoms with Gasteiger partial charge < -0.3 is 14.4 Å². The van der Waals surface area contributed by atoms with Crippen LogP contribution in [0.1, 0.15) is 35.6 Å². The number of hydrogen-bond acceptors (Lipinski definition) is 3. The summed E-state index contributed by atoms with van der Waals surface area (Å²) < 4.78 is 5.24. The smallest absolute Gasteiger partial charge is 0.311 e. The molecule has 0 unspecified atom stereocenters. The predicted molar refractivity (Wildman–Crippen MR) is 59.8 cm³/mol. The Hall–Kier alpha value is -1.78. The Morgan fingerprint density at radius 1 is 1.24 bits per heavy atom. The van der Waals surface area contributed by atoms with Gasteiger partial charge in [-0.3, -0.25) is 9.59 Å². The standard InChI is InChI=1S/C12H15NO4/c14-11(15)8-9-4-5-10(17-9)12(16)13-6-2-1-3-7-13/h4-5H,1-3,6-8H2,(H,14,15). The van der Waals surface area contributed by atoms with Gasteiger partial charge in [0.05, 0.1) is 0 Å². The SMILES string of the molecule is O=C(O)Cc1ccc(C(=O)N2CCCCC2)o1. The molecular weight excluding hydrogens is 222 g/mol. The summed E-state index contributed by atoms with van der Waals surface area (Å²) in [5.74, 6) is -0.543. The number of aliphatic carboxylic acids is 1. The van der Waals surface area contributed by atoms with Gasteiger partial charge in [0.2, 0.25) is 0 Å². The molecule has 1 saturated heterocycles. The number of rotatable bonds is 3. The van der Waals surface area contributed by atoms with Gasteiger partial charge in [0.1, 0.15) is 12.2 Å². The van der Waals surface area contributed by atoms with Crippen LogP contribution in [0.3, 0.4) is 0 Å². The number of amides is 1. The van der Waals surface area contributed by atoms with Crippen LogP contribution in [0.25, 0.3) is 0 Å². The minimum absolute atomic E-state index is 0.138. The van der Waals surface area contributed by atoms with Crippen LogP contribution in [0.4, 0.5) is 0 Å². The molecule has 0 aromatic carbocycles. The van der Waals surface area contributed by atoms with E-state index in [0.717, 1.165) is 32.4 Å². The lowest BCUT2D eigenvalue weighted by molar-refractivity contribution is -0.136. The van der Waals surface area contributed by atoms with Gasteiger partial charge in [-0.15, -0.1) is 0 Å². The maximum Gasteiger partial charge on any atom is 0.311 e. The van der Waals surface area contributed by atoms with Crippen LogP contribution >= 0.6 is 0 Å². The Morgan fingerprint density at radius 2 is 1.94 bits per heavy atom. The molecule has 1 aliphatic rings. The summed E-state index contributed by atoms with van der Waals surface area (Å²) in [6.45, 7) is 1.52. The minimum Gasteiger partial charge on any atom is -0.481 e. The van der Waals surface area contributed by atoms with Crippen molar-refractivity contribution in [3.05, 3.63) is 23.7 Å². The van der Waals surface area contributed by atoms with Crippen LogP contribution in [0.2, 0.25) is 0 Å². The third-order valence-corrected chi connectivity index (χ3v) is 2.84. The summed E-state index contributed by atoms with van der Waals surface area (Å²) in [6, 6.07) is 3.10. The second kappa shape index (κ2) is 5.03.